The van der Waals surface area contributed by atoms with Gasteiger partial charge in [-0.1, -0.05) is 33.2 Å². The second kappa shape index (κ2) is 5.86. The van der Waals surface area contributed by atoms with E-state index in [0.717, 1.165) is 10.0 Å². The molecular formula is C13H14BrN3O3S. The molecule has 2 aromatic rings. The fraction of sp³-hybridized carbons (Fsp3) is 0.385. The van der Waals surface area contributed by atoms with Gasteiger partial charge in [0.1, 0.15) is 0 Å². The van der Waals surface area contributed by atoms with Crippen LogP contribution in [0.2, 0.25) is 0 Å². The van der Waals surface area contributed by atoms with Gasteiger partial charge in [-0.25, -0.2) is 8.42 Å². The molecule has 3 rings (SSSR count). The Balaban J connectivity index is 1.73. The van der Waals surface area contributed by atoms with Crippen molar-refractivity contribution in [3.63, 3.8) is 0 Å². The highest BCUT2D eigenvalue weighted by Gasteiger charge is 2.26. The first-order chi connectivity index (χ1) is 10.0. The highest BCUT2D eigenvalue weighted by atomic mass is 79.9. The van der Waals surface area contributed by atoms with Crippen LogP contribution in [-0.4, -0.2) is 42.7 Å². The maximum absolute atomic E-state index is 11.6. The van der Waals surface area contributed by atoms with E-state index < -0.39 is 9.84 Å². The largest absolute Gasteiger partial charge is 0.339 e. The molecule has 1 aliphatic rings. The number of aromatic nitrogens is 2. The number of hydrogen-bond donors (Lipinski definition) is 1. The summed E-state index contributed by atoms with van der Waals surface area (Å²) < 4.78 is 29.4. The van der Waals surface area contributed by atoms with Gasteiger partial charge in [-0.2, -0.15) is 4.98 Å². The lowest BCUT2D eigenvalue weighted by Gasteiger charge is -2.21. The second-order valence-electron chi connectivity index (χ2n) is 4.99. The molecule has 1 aromatic carbocycles. The summed E-state index contributed by atoms with van der Waals surface area (Å²) >= 11 is 3.40. The van der Waals surface area contributed by atoms with Gasteiger partial charge in [0.25, 0.3) is 0 Å². The molecule has 0 amide bonds. The number of hydrogen-bond acceptors (Lipinski definition) is 6. The standard InChI is InChI=1S/C13H14BrN3O3S/c14-10-3-1-2-9(6-10)13-16-12(20-17-13)7-11-8-21(18,19)5-4-15-11/h1-3,6,11,15H,4-5,7-8H2. The number of rotatable bonds is 3. The van der Waals surface area contributed by atoms with Crippen molar-refractivity contribution < 1.29 is 12.9 Å². The first kappa shape index (κ1) is 14.7. The maximum Gasteiger partial charge on any atom is 0.228 e. The Hall–Kier alpha value is -1.25. The Morgan fingerprint density at radius 2 is 2.29 bits per heavy atom. The van der Waals surface area contributed by atoms with E-state index in [1.807, 2.05) is 24.3 Å². The van der Waals surface area contributed by atoms with E-state index >= 15 is 0 Å². The van der Waals surface area contributed by atoms with Gasteiger partial charge in [0.2, 0.25) is 11.7 Å². The molecule has 112 valence electrons. The summed E-state index contributed by atoms with van der Waals surface area (Å²) in [6, 6.07) is 7.44. The molecule has 1 atom stereocenters. The van der Waals surface area contributed by atoms with Gasteiger partial charge >= 0.3 is 0 Å². The van der Waals surface area contributed by atoms with Gasteiger partial charge in [0, 0.05) is 29.0 Å². The van der Waals surface area contributed by atoms with E-state index in [0.29, 0.717) is 24.7 Å². The van der Waals surface area contributed by atoms with Gasteiger partial charge in [0.05, 0.1) is 11.5 Å². The van der Waals surface area contributed by atoms with Crippen LogP contribution in [0.3, 0.4) is 0 Å². The maximum atomic E-state index is 11.6. The third-order valence-corrected chi connectivity index (χ3v) is 5.50. The second-order valence-corrected chi connectivity index (χ2v) is 8.14. The smallest absolute Gasteiger partial charge is 0.228 e. The Kier molecular flexibility index (Phi) is 4.10. The normalized spacial score (nSPS) is 21.3. The number of nitrogens with one attached hydrogen (secondary N) is 1. The molecule has 1 unspecified atom stereocenters. The molecule has 0 radical (unpaired) electrons. The number of sulfone groups is 1. The third-order valence-electron chi connectivity index (χ3n) is 3.27. The molecule has 21 heavy (non-hydrogen) atoms. The first-order valence-electron chi connectivity index (χ1n) is 6.54. The Morgan fingerprint density at radius 1 is 1.43 bits per heavy atom. The van der Waals surface area contributed by atoms with Crippen molar-refractivity contribution in [2.45, 2.75) is 12.5 Å². The lowest BCUT2D eigenvalue weighted by molar-refractivity contribution is 0.361. The fourth-order valence-electron chi connectivity index (χ4n) is 2.29. The fourth-order valence-corrected chi connectivity index (χ4v) is 4.14. The van der Waals surface area contributed by atoms with Crippen LogP contribution in [0.1, 0.15) is 5.89 Å². The molecule has 6 nitrogen and oxygen atoms in total. The predicted molar refractivity (Wildman–Crippen MR) is 81.6 cm³/mol. The summed E-state index contributed by atoms with van der Waals surface area (Å²) in [5.41, 5.74) is 0.851. The third kappa shape index (κ3) is 3.69. The molecule has 1 saturated heterocycles. The average Bonchev–Trinajstić information content (AvgIpc) is 2.86. The Bertz CT molecular complexity index is 745. The molecular weight excluding hydrogens is 358 g/mol. The van der Waals surface area contributed by atoms with E-state index in [1.165, 1.54) is 0 Å². The van der Waals surface area contributed by atoms with Crippen LogP contribution >= 0.6 is 15.9 Å². The van der Waals surface area contributed by atoms with Crippen molar-refractivity contribution in [2.24, 2.45) is 0 Å². The van der Waals surface area contributed by atoms with Crippen LogP contribution in [0.4, 0.5) is 0 Å². The number of halogens is 1. The lowest BCUT2D eigenvalue weighted by Crippen LogP contribution is -2.46. The minimum Gasteiger partial charge on any atom is -0.339 e. The van der Waals surface area contributed by atoms with Crippen molar-refractivity contribution in [1.82, 2.24) is 15.5 Å². The van der Waals surface area contributed by atoms with E-state index in [2.05, 4.69) is 31.4 Å². The van der Waals surface area contributed by atoms with Gasteiger partial charge in [-0.3, -0.25) is 0 Å². The zero-order valence-corrected chi connectivity index (χ0v) is 13.5. The molecule has 1 aliphatic heterocycles. The summed E-state index contributed by atoms with van der Waals surface area (Å²) in [6.45, 7) is 0.472. The number of nitrogens with zero attached hydrogens (tertiary/aromatic N) is 2. The van der Waals surface area contributed by atoms with Crippen molar-refractivity contribution in [2.75, 3.05) is 18.1 Å². The van der Waals surface area contributed by atoms with Crippen LogP contribution in [0, 0.1) is 0 Å². The molecule has 0 spiro atoms. The van der Waals surface area contributed by atoms with Gasteiger partial charge in [-0.15, -0.1) is 0 Å². The van der Waals surface area contributed by atoms with Gasteiger partial charge < -0.3 is 9.84 Å². The van der Waals surface area contributed by atoms with Crippen LogP contribution in [0.5, 0.6) is 0 Å². The van der Waals surface area contributed by atoms with Gasteiger partial charge in [-0.05, 0) is 12.1 Å². The van der Waals surface area contributed by atoms with Crippen molar-refractivity contribution in [3.8, 4) is 11.4 Å². The van der Waals surface area contributed by atoms with E-state index in [1.54, 1.807) is 0 Å². The van der Waals surface area contributed by atoms with Crippen LogP contribution < -0.4 is 5.32 Å². The molecule has 0 aliphatic carbocycles. The number of benzene rings is 1. The van der Waals surface area contributed by atoms with Crippen LogP contribution in [0.25, 0.3) is 11.4 Å². The first-order valence-corrected chi connectivity index (χ1v) is 9.16. The molecule has 0 saturated carbocycles. The summed E-state index contributed by atoms with van der Waals surface area (Å²) in [7, 11) is -2.96. The lowest BCUT2D eigenvalue weighted by atomic mass is 10.2. The van der Waals surface area contributed by atoms with Crippen LogP contribution in [-0.2, 0) is 16.3 Å². The van der Waals surface area contributed by atoms with E-state index in [4.69, 9.17) is 4.52 Å². The molecule has 0 bridgehead atoms. The summed E-state index contributed by atoms with van der Waals surface area (Å²) in [6.07, 6.45) is 0.417. The summed E-state index contributed by atoms with van der Waals surface area (Å²) in [5, 5.41) is 7.11. The molecule has 2 heterocycles. The molecule has 8 heteroatoms. The monoisotopic (exact) mass is 371 g/mol. The summed E-state index contributed by atoms with van der Waals surface area (Å²) in [5.74, 6) is 1.25. The topological polar surface area (TPSA) is 85.1 Å². The quantitative estimate of drug-likeness (QED) is 0.878. The SMILES string of the molecule is O=S1(=O)CCNC(Cc2nc(-c3cccc(Br)c3)no2)C1. The van der Waals surface area contributed by atoms with Gasteiger partial charge in [0.15, 0.2) is 9.84 Å². The molecule has 1 N–H and O–H groups in total. The molecule has 1 fully saturated rings. The zero-order chi connectivity index (χ0) is 14.9. The Morgan fingerprint density at radius 3 is 3.05 bits per heavy atom. The summed E-state index contributed by atoms with van der Waals surface area (Å²) in [4.78, 5) is 4.33. The minimum atomic E-state index is -2.96. The predicted octanol–water partition coefficient (Wildman–Crippen LogP) is 1.43. The zero-order valence-electron chi connectivity index (χ0n) is 11.1. The minimum absolute atomic E-state index is 0.113. The van der Waals surface area contributed by atoms with Crippen molar-refractivity contribution >= 4 is 25.8 Å². The van der Waals surface area contributed by atoms with E-state index in [-0.39, 0.29) is 17.5 Å². The highest BCUT2D eigenvalue weighted by Crippen LogP contribution is 2.20. The van der Waals surface area contributed by atoms with Crippen LogP contribution in [0.15, 0.2) is 33.3 Å². The van der Waals surface area contributed by atoms with E-state index in [9.17, 15) is 8.42 Å². The Labute approximate surface area is 131 Å². The molecule has 1 aromatic heterocycles. The average molecular weight is 372 g/mol. The highest BCUT2D eigenvalue weighted by molar-refractivity contribution is 9.10. The van der Waals surface area contributed by atoms with Crippen molar-refractivity contribution in [3.05, 3.63) is 34.6 Å². The van der Waals surface area contributed by atoms with Crippen molar-refractivity contribution in [1.29, 1.82) is 0 Å².